The number of sulfone groups is 2. The molecule has 0 spiro atoms. The first kappa shape index (κ1) is 39.0. The summed E-state index contributed by atoms with van der Waals surface area (Å²) in [6.45, 7) is 2.40. The molecule has 0 unspecified atom stereocenters. The standard InChI is InChI=1S/C15H15BrFN3O3S.C11H7Br2FN2O.C4H9NO2S/c16-13-10-20(9-11-1-3-12(17)4-2-11)15(21)14(18-13)19-5-7-24(22,23)8-6-19;12-9-6-16(11(17)10(13)15-9)5-7-1-3-8(14)4-2-7;6-8(7)3-1-5-2-4-8/h1-4,10H,5-9H2;1-4,6H,5H2;5H,1-4H2. The van der Waals surface area contributed by atoms with E-state index in [1.165, 1.54) is 33.4 Å². The summed E-state index contributed by atoms with van der Waals surface area (Å²) in [7, 11) is -5.68. The number of nitrogens with one attached hydrogen (secondary N) is 1. The summed E-state index contributed by atoms with van der Waals surface area (Å²) in [6.07, 6.45) is 3.16. The third-order valence-electron chi connectivity index (χ3n) is 7.19. The highest BCUT2D eigenvalue weighted by Crippen LogP contribution is 2.15. The zero-order chi connectivity index (χ0) is 35.8. The Balaban J connectivity index is 0.000000187. The van der Waals surface area contributed by atoms with Crippen molar-refractivity contribution in [3.05, 3.63) is 118 Å². The molecule has 2 aromatic carbocycles. The van der Waals surface area contributed by atoms with E-state index in [0.29, 0.717) is 40.3 Å². The van der Waals surface area contributed by atoms with Crippen LogP contribution in [0.1, 0.15) is 11.1 Å². The molecule has 4 aromatic rings. The Kier molecular flexibility index (Phi) is 13.8. The highest BCUT2D eigenvalue weighted by atomic mass is 79.9. The van der Waals surface area contributed by atoms with E-state index in [4.69, 9.17) is 0 Å². The van der Waals surface area contributed by atoms with Gasteiger partial charge in [-0.2, -0.15) is 0 Å². The molecule has 0 radical (unpaired) electrons. The Morgan fingerprint density at radius 1 is 0.653 bits per heavy atom. The van der Waals surface area contributed by atoms with Crippen LogP contribution < -0.4 is 21.3 Å². The number of halogens is 5. The van der Waals surface area contributed by atoms with Crippen molar-refractivity contribution in [2.75, 3.05) is 54.1 Å². The summed E-state index contributed by atoms with van der Waals surface area (Å²) in [5, 5.41) is 2.96. The van der Waals surface area contributed by atoms with E-state index in [-0.39, 0.29) is 64.3 Å². The molecular formula is C30H31Br3F2N6O6S2. The Morgan fingerprint density at radius 3 is 1.53 bits per heavy atom. The fourth-order valence-corrected chi connectivity index (χ4v) is 8.40. The van der Waals surface area contributed by atoms with Gasteiger partial charge in [0.25, 0.3) is 11.1 Å². The fraction of sp³-hybridized carbons (Fsp3) is 0.333. The van der Waals surface area contributed by atoms with Crippen LogP contribution in [-0.2, 0) is 32.8 Å². The molecule has 0 bridgehead atoms. The number of rotatable bonds is 5. The summed E-state index contributed by atoms with van der Waals surface area (Å²) in [6, 6.07) is 11.9. The molecule has 6 rings (SSSR count). The Bertz CT molecular complexity index is 2070. The van der Waals surface area contributed by atoms with Crippen LogP contribution in [0.3, 0.4) is 0 Å². The molecule has 2 fully saturated rings. The maximum atomic E-state index is 13.0. The van der Waals surface area contributed by atoms with Crippen molar-refractivity contribution in [1.82, 2.24) is 24.4 Å². The van der Waals surface area contributed by atoms with Gasteiger partial charge in [-0.3, -0.25) is 9.59 Å². The third-order valence-corrected chi connectivity index (χ3v) is 11.7. The van der Waals surface area contributed by atoms with Gasteiger partial charge in [0.2, 0.25) is 0 Å². The van der Waals surface area contributed by atoms with Crippen molar-refractivity contribution in [2.24, 2.45) is 0 Å². The SMILES string of the molecule is O=S1(=O)CCNCC1.O=c1c(Br)nc(Br)cn1Cc1ccc(F)cc1.O=c1c(N2CCS(=O)(=O)CC2)nc(Br)cn1Cc1ccc(F)cc1. The highest BCUT2D eigenvalue weighted by molar-refractivity contribution is 9.11. The smallest absolute Gasteiger partial charge is 0.293 e. The number of anilines is 1. The van der Waals surface area contributed by atoms with Crippen molar-refractivity contribution in [3.8, 4) is 0 Å². The van der Waals surface area contributed by atoms with Gasteiger partial charge in [-0.1, -0.05) is 24.3 Å². The van der Waals surface area contributed by atoms with Crippen molar-refractivity contribution in [2.45, 2.75) is 13.1 Å². The van der Waals surface area contributed by atoms with E-state index in [9.17, 15) is 35.2 Å². The van der Waals surface area contributed by atoms with Crippen LogP contribution in [0, 0.1) is 11.6 Å². The zero-order valence-electron chi connectivity index (χ0n) is 25.7. The number of aromatic nitrogens is 4. The Labute approximate surface area is 306 Å². The molecule has 12 nitrogen and oxygen atoms in total. The van der Waals surface area contributed by atoms with Crippen LogP contribution in [0.2, 0.25) is 0 Å². The summed E-state index contributed by atoms with van der Waals surface area (Å²) >= 11 is 9.58. The van der Waals surface area contributed by atoms with Crippen LogP contribution in [0.5, 0.6) is 0 Å². The van der Waals surface area contributed by atoms with Gasteiger partial charge in [0, 0.05) is 38.6 Å². The molecule has 0 aliphatic carbocycles. The van der Waals surface area contributed by atoms with Crippen LogP contribution in [0.25, 0.3) is 0 Å². The van der Waals surface area contributed by atoms with Crippen LogP contribution >= 0.6 is 47.8 Å². The van der Waals surface area contributed by atoms with Crippen LogP contribution in [-0.4, -0.2) is 85.1 Å². The quantitative estimate of drug-likeness (QED) is 0.316. The van der Waals surface area contributed by atoms with Crippen LogP contribution in [0.4, 0.5) is 14.6 Å². The lowest BCUT2D eigenvalue weighted by atomic mass is 10.2. The summed E-state index contributed by atoms with van der Waals surface area (Å²) in [5.74, 6) is 0.244. The molecule has 264 valence electrons. The van der Waals surface area contributed by atoms with Crippen molar-refractivity contribution >= 4 is 73.3 Å². The largest absolute Gasteiger partial charge is 0.350 e. The van der Waals surface area contributed by atoms with Crippen LogP contribution in [0.15, 0.2) is 84.3 Å². The molecule has 49 heavy (non-hydrogen) atoms. The fourth-order valence-electron chi connectivity index (χ4n) is 4.59. The van der Waals surface area contributed by atoms with Crippen molar-refractivity contribution in [3.63, 3.8) is 0 Å². The van der Waals surface area contributed by atoms with Gasteiger partial charge in [0.15, 0.2) is 30.1 Å². The summed E-state index contributed by atoms with van der Waals surface area (Å²) in [5.41, 5.74) is 1.10. The molecule has 0 saturated carbocycles. The van der Waals surface area contributed by atoms with Gasteiger partial charge in [0.1, 0.15) is 20.8 Å². The van der Waals surface area contributed by atoms with Crippen molar-refractivity contribution in [1.29, 1.82) is 0 Å². The molecule has 2 aliphatic heterocycles. The first-order chi connectivity index (χ1) is 23.1. The molecule has 2 aliphatic rings. The molecule has 0 atom stereocenters. The lowest BCUT2D eigenvalue weighted by Gasteiger charge is -2.27. The van der Waals surface area contributed by atoms with Gasteiger partial charge in [-0.25, -0.2) is 35.6 Å². The second-order valence-corrected chi connectivity index (χ2v) is 17.9. The second kappa shape index (κ2) is 17.4. The number of hydrogen-bond donors (Lipinski definition) is 1. The number of benzene rings is 2. The highest BCUT2D eigenvalue weighted by Gasteiger charge is 2.25. The predicted molar refractivity (Wildman–Crippen MR) is 193 cm³/mol. The van der Waals surface area contributed by atoms with E-state index >= 15 is 0 Å². The van der Waals surface area contributed by atoms with E-state index < -0.39 is 19.7 Å². The molecular weight excluding hydrogens is 882 g/mol. The molecule has 2 aromatic heterocycles. The molecule has 0 amide bonds. The molecule has 4 heterocycles. The lowest BCUT2D eigenvalue weighted by Crippen LogP contribution is -2.44. The van der Waals surface area contributed by atoms with E-state index in [1.807, 2.05) is 0 Å². The predicted octanol–water partition coefficient (Wildman–Crippen LogP) is 3.39. The summed E-state index contributed by atoms with van der Waals surface area (Å²) in [4.78, 5) is 34.3. The lowest BCUT2D eigenvalue weighted by molar-refractivity contribution is 0.577. The normalized spacial score (nSPS) is 16.5. The average Bonchev–Trinajstić information content (AvgIpc) is 3.04. The minimum atomic E-state index is -3.03. The van der Waals surface area contributed by atoms with Gasteiger partial charge in [-0.05, 0) is 83.2 Å². The number of hydrogen-bond acceptors (Lipinski definition) is 10. The second-order valence-electron chi connectivity index (χ2n) is 10.9. The van der Waals surface area contributed by atoms with Gasteiger partial charge < -0.3 is 19.4 Å². The molecule has 1 N–H and O–H groups in total. The minimum Gasteiger partial charge on any atom is -0.350 e. The zero-order valence-corrected chi connectivity index (χ0v) is 32.1. The molecule has 2 saturated heterocycles. The topological polar surface area (TPSA) is 153 Å². The van der Waals surface area contributed by atoms with Gasteiger partial charge in [0.05, 0.1) is 36.1 Å². The number of nitrogens with zero attached hydrogens (tertiary/aromatic N) is 5. The average molecular weight is 913 g/mol. The first-order valence-corrected chi connectivity index (χ1v) is 20.7. The Hall–Kier alpha value is -2.84. The third kappa shape index (κ3) is 12.2. The summed E-state index contributed by atoms with van der Waals surface area (Å²) < 4.78 is 74.3. The maximum Gasteiger partial charge on any atom is 0.293 e. The van der Waals surface area contributed by atoms with E-state index in [1.54, 1.807) is 41.6 Å². The maximum absolute atomic E-state index is 13.0. The first-order valence-electron chi connectivity index (χ1n) is 14.7. The minimum absolute atomic E-state index is 0.0125. The van der Waals surface area contributed by atoms with Crippen molar-refractivity contribution < 1.29 is 25.6 Å². The molecule has 19 heteroatoms. The van der Waals surface area contributed by atoms with E-state index in [0.717, 1.165) is 11.1 Å². The Morgan fingerprint density at radius 2 is 1.08 bits per heavy atom. The van der Waals surface area contributed by atoms with Gasteiger partial charge in [-0.15, -0.1) is 0 Å². The van der Waals surface area contributed by atoms with Gasteiger partial charge >= 0.3 is 0 Å². The van der Waals surface area contributed by atoms with E-state index in [2.05, 4.69) is 63.1 Å². The monoisotopic (exact) mass is 910 g/mol.